The lowest BCUT2D eigenvalue weighted by molar-refractivity contribution is -0.160. The highest BCUT2D eigenvalue weighted by Crippen LogP contribution is 2.61. The number of epoxide rings is 1. The molecule has 11 nitrogen and oxygen atoms in total. The largest absolute Gasteiger partial charge is 0.463 e. The third-order valence-corrected chi connectivity index (χ3v) is 13.3. The number of nitrogens with two attached hydrogens (primary N) is 2. The fraction of sp³-hybridized carbons (Fsp3) is 0.800. The van der Waals surface area contributed by atoms with E-state index in [9.17, 15) is 14.4 Å². The molecule has 2 heterocycles. The summed E-state index contributed by atoms with van der Waals surface area (Å²) in [5.41, 5.74) is 10.0. The van der Waals surface area contributed by atoms with Gasteiger partial charge in [-0.3, -0.25) is 14.6 Å². The summed E-state index contributed by atoms with van der Waals surface area (Å²) < 4.78 is 12.4. The summed E-state index contributed by atoms with van der Waals surface area (Å²) in [4.78, 5) is 47.1. The number of hydrogen-bond donors (Lipinski definition) is 5. The van der Waals surface area contributed by atoms with Crippen LogP contribution in [0.3, 0.4) is 0 Å². The molecule has 0 aromatic carbocycles. The molecule has 3 saturated carbocycles. The topological polar surface area (TPSA) is 173 Å². The number of carbonyl (C=O) groups is 3. The number of guanidine groups is 1. The number of nitrogens with zero attached hydrogens (tertiary/aromatic N) is 1. The van der Waals surface area contributed by atoms with Gasteiger partial charge in [0.25, 0.3) is 5.60 Å². The van der Waals surface area contributed by atoms with Gasteiger partial charge < -0.3 is 36.9 Å². The number of ether oxygens (including phenoxy) is 2. The zero-order valence-electron chi connectivity index (χ0n) is 31.3. The predicted octanol–water partition coefficient (Wildman–Crippen LogP) is 4.05. The average Bonchev–Trinajstić information content (AvgIpc) is 3.86. The predicted molar refractivity (Wildman–Crippen MR) is 199 cm³/mol. The van der Waals surface area contributed by atoms with Gasteiger partial charge in [-0.25, -0.2) is 4.79 Å². The molecule has 0 spiro atoms. The molecular formula is C40H64N6O5. The van der Waals surface area contributed by atoms with Crippen molar-refractivity contribution in [2.45, 2.75) is 140 Å². The molecule has 7 N–H and O–H groups in total. The molecule has 0 aromatic rings. The monoisotopic (exact) mass is 708 g/mol. The minimum Gasteiger partial charge on any atom is -0.463 e. The Kier molecular flexibility index (Phi) is 12.4. The van der Waals surface area contributed by atoms with Crippen molar-refractivity contribution >= 4 is 23.5 Å². The molecule has 4 aliphatic carbocycles. The van der Waals surface area contributed by atoms with Crippen molar-refractivity contribution < 1.29 is 23.9 Å². The van der Waals surface area contributed by atoms with E-state index in [1.165, 1.54) is 32.1 Å². The van der Waals surface area contributed by atoms with Gasteiger partial charge in [-0.05, 0) is 95.6 Å². The zero-order valence-corrected chi connectivity index (χ0v) is 31.3. The van der Waals surface area contributed by atoms with Gasteiger partial charge in [0.2, 0.25) is 0 Å². The quantitative estimate of drug-likeness (QED) is 0.0469. The van der Waals surface area contributed by atoms with Gasteiger partial charge in [0.15, 0.2) is 23.1 Å². The summed E-state index contributed by atoms with van der Waals surface area (Å²) >= 11 is 0. The highest BCUT2D eigenvalue weighted by atomic mass is 16.7. The van der Waals surface area contributed by atoms with Gasteiger partial charge in [0.1, 0.15) is 0 Å². The van der Waals surface area contributed by atoms with Crippen LogP contribution in [0.15, 0.2) is 28.8 Å². The summed E-state index contributed by atoms with van der Waals surface area (Å²) in [6.45, 7) is 6.19. The molecule has 5 fully saturated rings. The minimum absolute atomic E-state index is 0.00647. The molecule has 2 aliphatic heterocycles. The maximum Gasteiger partial charge on any atom is 0.350 e. The van der Waals surface area contributed by atoms with Gasteiger partial charge >= 0.3 is 5.97 Å². The first-order chi connectivity index (χ1) is 24.6. The van der Waals surface area contributed by atoms with Crippen LogP contribution in [0.1, 0.15) is 110 Å². The van der Waals surface area contributed by atoms with Crippen molar-refractivity contribution in [3.63, 3.8) is 0 Å². The molecule has 0 bridgehead atoms. The molecular weight excluding hydrogens is 644 g/mol. The Balaban J connectivity index is 1.18. The molecule has 284 valence electrons. The Hall–Kier alpha value is -2.60. The molecule has 11 heteroatoms. The van der Waals surface area contributed by atoms with Crippen LogP contribution in [0.2, 0.25) is 0 Å². The Bertz CT molecular complexity index is 1360. The number of aliphatic imine (C=N–C) groups is 1. The molecule has 2 saturated heterocycles. The van der Waals surface area contributed by atoms with Crippen molar-refractivity contribution in [2.24, 2.45) is 52.0 Å². The first kappa shape index (κ1) is 38.1. The fourth-order valence-electron chi connectivity index (χ4n) is 10.0. The van der Waals surface area contributed by atoms with Crippen LogP contribution < -0.4 is 27.4 Å². The van der Waals surface area contributed by atoms with Crippen LogP contribution in [0.5, 0.6) is 0 Å². The van der Waals surface area contributed by atoms with Crippen molar-refractivity contribution in [1.29, 1.82) is 0 Å². The summed E-state index contributed by atoms with van der Waals surface area (Å²) in [5, 5.41) is 10.5. The second kappa shape index (κ2) is 16.6. The Morgan fingerprint density at radius 2 is 1.80 bits per heavy atom. The lowest BCUT2D eigenvalue weighted by Crippen LogP contribution is -2.58. The summed E-state index contributed by atoms with van der Waals surface area (Å²) in [6.07, 6.45) is 20.4. The maximum absolute atomic E-state index is 14.4. The molecule has 0 aromatic heterocycles. The van der Waals surface area contributed by atoms with E-state index >= 15 is 0 Å². The summed E-state index contributed by atoms with van der Waals surface area (Å²) in [5.74, 6) is -0.0922. The number of piperidine rings is 1. The number of esters is 1. The molecule has 10 atom stereocenters. The lowest BCUT2D eigenvalue weighted by Gasteiger charge is -2.37. The Morgan fingerprint density at radius 1 is 1.08 bits per heavy atom. The fourth-order valence-corrected chi connectivity index (χ4v) is 10.0. The first-order valence-electron chi connectivity index (χ1n) is 20.1. The highest BCUT2D eigenvalue weighted by Gasteiger charge is 2.86. The molecule has 10 unspecified atom stereocenters. The second-order valence-corrected chi connectivity index (χ2v) is 16.6. The lowest BCUT2D eigenvalue weighted by atomic mass is 9.61. The number of nitrogens with one attached hydrogen (secondary N) is 3. The molecule has 6 rings (SSSR count). The molecule has 51 heavy (non-hydrogen) atoms. The molecule has 0 amide bonds. The number of hydrogen-bond acceptors (Lipinski definition) is 9. The number of Topliss-reactive ketones (excluding diaryl/α,β-unsaturated/α-hetero) is 2. The van der Waals surface area contributed by atoms with Crippen LogP contribution in [-0.4, -0.2) is 79.7 Å². The summed E-state index contributed by atoms with van der Waals surface area (Å²) in [7, 11) is 1.66. The zero-order chi connectivity index (χ0) is 36.2. The third-order valence-electron chi connectivity index (χ3n) is 13.3. The van der Waals surface area contributed by atoms with Crippen LogP contribution in [0.25, 0.3) is 0 Å². The number of rotatable bonds is 13. The number of allylic oxidation sites excluding steroid dienone is 1. The number of ketones is 2. The van der Waals surface area contributed by atoms with E-state index in [1.807, 2.05) is 13.0 Å². The second-order valence-electron chi connectivity index (χ2n) is 16.6. The normalized spacial score (nSPS) is 38.1. The van der Waals surface area contributed by atoms with Crippen molar-refractivity contribution in [3.8, 4) is 0 Å². The van der Waals surface area contributed by atoms with Crippen LogP contribution in [0.4, 0.5) is 0 Å². The van der Waals surface area contributed by atoms with Gasteiger partial charge in [0.05, 0.1) is 12.8 Å². The third kappa shape index (κ3) is 8.02. The Morgan fingerprint density at radius 3 is 2.51 bits per heavy atom. The van der Waals surface area contributed by atoms with Gasteiger partial charge in [-0.2, -0.15) is 0 Å². The van der Waals surface area contributed by atoms with Crippen LogP contribution >= 0.6 is 0 Å². The van der Waals surface area contributed by atoms with Crippen molar-refractivity contribution in [1.82, 2.24) is 16.0 Å². The van der Waals surface area contributed by atoms with Crippen molar-refractivity contribution in [3.05, 3.63) is 23.8 Å². The minimum atomic E-state index is -1.86. The van der Waals surface area contributed by atoms with E-state index in [4.69, 9.17) is 20.9 Å². The van der Waals surface area contributed by atoms with Crippen LogP contribution in [0, 0.1) is 35.5 Å². The number of fused-ring (bicyclic) bond motifs is 2. The van der Waals surface area contributed by atoms with Gasteiger partial charge in [-0.15, -0.1) is 0 Å². The van der Waals surface area contributed by atoms with E-state index < -0.39 is 29.0 Å². The molecule has 6 aliphatic rings. The number of carbonyl (C=O) groups excluding carboxylic acids is 3. The van der Waals surface area contributed by atoms with E-state index in [0.29, 0.717) is 37.1 Å². The average molecular weight is 709 g/mol. The standard InChI is InChI=1S/C40H64N6O5/c1-4-26-14-15-32(45-23-27-10-6-5-7-11-27)29(21-26)24-50-37(49)40-36(48)31-13-9-8-12-30(31)35(47)39(40,51-40)18-16-25(2)20-33(46-38(42)43-3)28-17-19-44-34(41)22-28/h14-16,26-34,44-45H,4-13,17-24,41H2,1-3H3,(H3,42,43,46). The maximum atomic E-state index is 14.4. The summed E-state index contributed by atoms with van der Waals surface area (Å²) in [6, 6.07) is 0.0951. The molecule has 0 radical (unpaired) electrons. The smallest absolute Gasteiger partial charge is 0.350 e. The van der Waals surface area contributed by atoms with E-state index in [1.54, 1.807) is 7.05 Å². The highest BCUT2D eigenvalue weighted by molar-refractivity contribution is 6.23. The SMILES string of the molecule is CCC1C=CC(NCC2CCCCC2)C(COC(=O)C23OC2(CC=C(C)CC(NC(N)=NC)C2CCNC(N)C2)C(=O)C2CCCCC2C3=O)C1. The van der Waals surface area contributed by atoms with Crippen molar-refractivity contribution in [2.75, 3.05) is 26.7 Å². The van der Waals surface area contributed by atoms with Crippen LogP contribution in [-0.2, 0) is 23.9 Å². The van der Waals surface area contributed by atoms with E-state index in [2.05, 4.69) is 40.0 Å². The van der Waals surface area contributed by atoms with E-state index in [0.717, 1.165) is 57.2 Å². The first-order valence-corrected chi connectivity index (χ1v) is 20.1. The van der Waals surface area contributed by atoms with E-state index in [-0.39, 0.29) is 54.7 Å². The van der Waals surface area contributed by atoms with Gasteiger partial charge in [0, 0.05) is 43.3 Å². The Labute approximate surface area is 304 Å². The van der Waals surface area contributed by atoms with Gasteiger partial charge in [-0.1, -0.05) is 62.8 Å².